The molecule has 0 radical (unpaired) electrons. The van der Waals surface area contributed by atoms with Gasteiger partial charge in [0.2, 0.25) is 0 Å². The fourth-order valence-electron chi connectivity index (χ4n) is 3.30. The summed E-state index contributed by atoms with van der Waals surface area (Å²) >= 11 is 5.97. The SMILES string of the molecule is CN(C)[C@H]1C[C@@H](Cc2ccc(Cl)cc2)c2ccccc21. The Kier molecular flexibility index (Phi) is 3.82. The summed E-state index contributed by atoms with van der Waals surface area (Å²) in [6.07, 6.45) is 2.30. The molecule has 0 saturated carbocycles. The van der Waals surface area contributed by atoms with Gasteiger partial charge in [-0.2, -0.15) is 0 Å². The molecule has 20 heavy (non-hydrogen) atoms. The van der Waals surface area contributed by atoms with Gasteiger partial charge in [-0.3, -0.25) is 0 Å². The normalized spacial score (nSPS) is 21.2. The molecule has 0 heterocycles. The molecule has 0 aliphatic heterocycles. The van der Waals surface area contributed by atoms with Crippen LogP contribution in [0.15, 0.2) is 48.5 Å². The molecule has 2 aromatic rings. The molecule has 104 valence electrons. The maximum Gasteiger partial charge on any atom is 0.0406 e. The molecular weight excluding hydrogens is 266 g/mol. The quantitative estimate of drug-likeness (QED) is 0.792. The van der Waals surface area contributed by atoms with E-state index in [9.17, 15) is 0 Å². The Morgan fingerprint density at radius 2 is 1.65 bits per heavy atom. The van der Waals surface area contributed by atoms with E-state index in [-0.39, 0.29) is 0 Å². The summed E-state index contributed by atoms with van der Waals surface area (Å²) in [5, 5.41) is 0.812. The smallest absolute Gasteiger partial charge is 0.0406 e. The van der Waals surface area contributed by atoms with E-state index in [4.69, 9.17) is 11.6 Å². The van der Waals surface area contributed by atoms with Crippen molar-refractivity contribution in [1.29, 1.82) is 0 Å². The van der Waals surface area contributed by atoms with Gasteiger partial charge in [0.25, 0.3) is 0 Å². The molecule has 1 aliphatic carbocycles. The summed E-state index contributed by atoms with van der Waals surface area (Å²) < 4.78 is 0. The molecule has 3 rings (SSSR count). The summed E-state index contributed by atoms with van der Waals surface area (Å²) in [7, 11) is 4.35. The molecule has 0 spiro atoms. The van der Waals surface area contributed by atoms with Gasteiger partial charge in [-0.15, -0.1) is 0 Å². The first-order valence-electron chi connectivity index (χ1n) is 7.15. The van der Waals surface area contributed by atoms with Crippen molar-refractivity contribution in [2.24, 2.45) is 0 Å². The molecule has 1 nitrogen and oxygen atoms in total. The summed E-state index contributed by atoms with van der Waals surface area (Å²) in [6.45, 7) is 0. The highest BCUT2D eigenvalue weighted by atomic mass is 35.5. The first-order chi connectivity index (χ1) is 9.65. The molecular formula is C18H20ClN. The monoisotopic (exact) mass is 285 g/mol. The Morgan fingerprint density at radius 1 is 1.00 bits per heavy atom. The summed E-state index contributed by atoms with van der Waals surface area (Å²) in [6, 6.07) is 17.7. The molecule has 0 aromatic heterocycles. The van der Waals surface area contributed by atoms with E-state index in [0.717, 1.165) is 11.4 Å². The molecule has 0 fully saturated rings. The van der Waals surface area contributed by atoms with Crippen LogP contribution in [0.4, 0.5) is 0 Å². The van der Waals surface area contributed by atoms with Gasteiger partial charge >= 0.3 is 0 Å². The lowest BCUT2D eigenvalue weighted by Crippen LogP contribution is -2.17. The average molecular weight is 286 g/mol. The van der Waals surface area contributed by atoms with Gasteiger partial charge in [-0.25, -0.2) is 0 Å². The lowest BCUT2D eigenvalue weighted by molar-refractivity contribution is 0.288. The van der Waals surface area contributed by atoms with Gasteiger partial charge in [0, 0.05) is 11.1 Å². The number of fused-ring (bicyclic) bond motifs is 1. The molecule has 0 saturated heterocycles. The van der Waals surface area contributed by atoms with Crippen LogP contribution in [0.2, 0.25) is 5.02 Å². The van der Waals surface area contributed by atoms with Crippen molar-refractivity contribution in [1.82, 2.24) is 4.90 Å². The first-order valence-corrected chi connectivity index (χ1v) is 7.52. The molecule has 0 amide bonds. The maximum atomic E-state index is 5.97. The van der Waals surface area contributed by atoms with E-state index < -0.39 is 0 Å². The van der Waals surface area contributed by atoms with Gasteiger partial charge in [-0.1, -0.05) is 48.0 Å². The van der Waals surface area contributed by atoms with Crippen LogP contribution in [0.3, 0.4) is 0 Å². The third-order valence-electron chi connectivity index (χ3n) is 4.32. The third kappa shape index (κ3) is 2.61. The number of benzene rings is 2. The van der Waals surface area contributed by atoms with Crippen molar-refractivity contribution in [3.05, 3.63) is 70.2 Å². The van der Waals surface area contributed by atoms with Crippen molar-refractivity contribution in [2.45, 2.75) is 24.8 Å². The van der Waals surface area contributed by atoms with Crippen LogP contribution >= 0.6 is 11.6 Å². The number of halogens is 1. The van der Waals surface area contributed by atoms with Crippen LogP contribution in [0, 0.1) is 0 Å². The summed E-state index contributed by atoms with van der Waals surface area (Å²) in [5.41, 5.74) is 4.38. The molecule has 2 atom stereocenters. The van der Waals surface area contributed by atoms with Crippen molar-refractivity contribution in [3.63, 3.8) is 0 Å². The number of nitrogens with zero attached hydrogens (tertiary/aromatic N) is 1. The van der Waals surface area contributed by atoms with Gasteiger partial charge in [-0.05, 0) is 61.7 Å². The predicted octanol–water partition coefficient (Wildman–Crippen LogP) is 4.67. The van der Waals surface area contributed by atoms with Crippen LogP contribution in [0.5, 0.6) is 0 Å². The van der Waals surface area contributed by atoms with Gasteiger partial charge in [0.05, 0.1) is 0 Å². The minimum Gasteiger partial charge on any atom is -0.302 e. The van der Waals surface area contributed by atoms with Crippen molar-refractivity contribution >= 4 is 11.6 Å². The van der Waals surface area contributed by atoms with Crippen LogP contribution in [0.25, 0.3) is 0 Å². The highest BCUT2D eigenvalue weighted by Crippen LogP contribution is 2.44. The van der Waals surface area contributed by atoms with E-state index in [1.807, 2.05) is 12.1 Å². The van der Waals surface area contributed by atoms with Gasteiger partial charge in [0.1, 0.15) is 0 Å². The number of hydrogen-bond donors (Lipinski definition) is 0. The van der Waals surface area contributed by atoms with Crippen molar-refractivity contribution < 1.29 is 0 Å². The molecule has 1 aliphatic rings. The molecule has 0 N–H and O–H groups in total. The van der Waals surface area contributed by atoms with Gasteiger partial charge in [0.15, 0.2) is 0 Å². The minimum absolute atomic E-state index is 0.545. The first kappa shape index (κ1) is 13.7. The van der Waals surface area contributed by atoms with Crippen LogP contribution in [0.1, 0.15) is 35.1 Å². The third-order valence-corrected chi connectivity index (χ3v) is 4.57. The predicted molar refractivity (Wildman–Crippen MR) is 85.4 cm³/mol. The standard InChI is InChI=1S/C18H20ClN/c1-20(2)18-12-14(16-5-3-4-6-17(16)18)11-13-7-9-15(19)10-8-13/h3-10,14,18H,11-12H2,1-2H3/t14-,18+/m1/s1. The molecule has 0 unspecified atom stereocenters. The summed E-state index contributed by atoms with van der Waals surface area (Å²) in [4.78, 5) is 2.33. The maximum absolute atomic E-state index is 5.97. The minimum atomic E-state index is 0.545. The second-order valence-corrected chi connectivity index (χ2v) is 6.31. The topological polar surface area (TPSA) is 3.24 Å². The Balaban J connectivity index is 1.86. The second-order valence-electron chi connectivity index (χ2n) is 5.87. The fraction of sp³-hybridized carbons (Fsp3) is 0.333. The Morgan fingerprint density at radius 3 is 2.30 bits per heavy atom. The fourth-order valence-corrected chi connectivity index (χ4v) is 3.42. The largest absolute Gasteiger partial charge is 0.302 e. The van der Waals surface area contributed by atoms with Crippen LogP contribution in [-0.2, 0) is 6.42 Å². The van der Waals surface area contributed by atoms with E-state index >= 15 is 0 Å². The Bertz CT molecular complexity index is 589. The Hall–Kier alpha value is -1.31. The zero-order chi connectivity index (χ0) is 14.1. The molecule has 0 bridgehead atoms. The summed E-state index contributed by atoms with van der Waals surface area (Å²) in [5.74, 6) is 0.611. The Labute approximate surface area is 126 Å². The highest BCUT2D eigenvalue weighted by Gasteiger charge is 2.31. The average Bonchev–Trinajstić information content (AvgIpc) is 2.81. The van der Waals surface area contributed by atoms with E-state index in [1.165, 1.54) is 23.1 Å². The highest BCUT2D eigenvalue weighted by molar-refractivity contribution is 6.30. The van der Waals surface area contributed by atoms with E-state index in [2.05, 4.69) is 55.4 Å². The molecule has 2 heteroatoms. The number of rotatable bonds is 3. The van der Waals surface area contributed by atoms with Crippen molar-refractivity contribution in [3.8, 4) is 0 Å². The lowest BCUT2D eigenvalue weighted by atomic mass is 9.94. The molecule has 2 aromatic carbocycles. The van der Waals surface area contributed by atoms with Gasteiger partial charge < -0.3 is 4.90 Å². The van der Waals surface area contributed by atoms with Crippen molar-refractivity contribution in [2.75, 3.05) is 14.1 Å². The van der Waals surface area contributed by atoms with Crippen LogP contribution < -0.4 is 0 Å². The van der Waals surface area contributed by atoms with E-state index in [0.29, 0.717) is 12.0 Å². The zero-order valence-electron chi connectivity index (χ0n) is 12.0. The lowest BCUT2D eigenvalue weighted by Gasteiger charge is -2.20. The zero-order valence-corrected chi connectivity index (χ0v) is 12.8. The number of hydrogen-bond acceptors (Lipinski definition) is 1. The second kappa shape index (κ2) is 5.59. The van der Waals surface area contributed by atoms with E-state index in [1.54, 1.807) is 0 Å². The van der Waals surface area contributed by atoms with Crippen LogP contribution in [-0.4, -0.2) is 19.0 Å².